The minimum absolute atomic E-state index is 0.257. The average Bonchev–Trinajstić information content (AvgIpc) is 2.29. The quantitative estimate of drug-likeness (QED) is 0.788. The Morgan fingerprint density at radius 3 is 2.73 bits per heavy atom. The Morgan fingerprint density at radius 1 is 1.47 bits per heavy atom. The second kappa shape index (κ2) is 5.85. The van der Waals surface area contributed by atoms with Crippen LogP contribution in [0.5, 0.6) is 0 Å². The smallest absolute Gasteiger partial charge is 0.249 e. The van der Waals surface area contributed by atoms with Gasteiger partial charge < -0.3 is 0 Å². The van der Waals surface area contributed by atoms with E-state index in [-0.39, 0.29) is 5.56 Å². The van der Waals surface area contributed by atoms with Crippen LogP contribution in [-0.2, 0) is 17.8 Å². The van der Waals surface area contributed by atoms with E-state index in [4.69, 9.17) is 0 Å². The summed E-state index contributed by atoms with van der Waals surface area (Å²) >= 11 is 3.36. The third-order valence-corrected chi connectivity index (χ3v) is 2.65. The fourth-order valence-corrected chi connectivity index (χ4v) is 1.90. The van der Waals surface area contributed by atoms with Crippen molar-refractivity contribution in [2.24, 2.45) is 0 Å². The molecule has 0 aliphatic rings. The molecule has 0 aliphatic carbocycles. The second-order valence-electron chi connectivity index (χ2n) is 3.14. The third-order valence-electron chi connectivity index (χ3n) is 2.26. The monoisotopic (exact) mass is 274 g/mol. The maximum atomic E-state index is 11.7. The third kappa shape index (κ3) is 3.02. The van der Waals surface area contributed by atoms with Crippen molar-refractivity contribution >= 4 is 21.9 Å². The lowest BCUT2D eigenvalue weighted by atomic mass is 10.0. The van der Waals surface area contributed by atoms with Gasteiger partial charge in [0.15, 0.2) is 0 Å². The molecule has 15 heavy (non-hydrogen) atoms. The van der Waals surface area contributed by atoms with Gasteiger partial charge in [-0.2, -0.15) is 0 Å². The van der Waals surface area contributed by atoms with Crippen molar-refractivity contribution < 1.29 is 14.3 Å². The maximum Gasteiger partial charge on any atom is 0.379 e. The molecule has 0 spiro atoms. The summed E-state index contributed by atoms with van der Waals surface area (Å²) in [6.07, 6.45) is 1.71. The van der Waals surface area contributed by atoms with Crippen LogP contribution in [0, 0.1) is 0 Å². The standard InChI is InChI=1S/C11H12BrFO2/c1-2-8-7-10(11(14)15-13)4-3-9(8)5-6-12/h3-4,7H,2,5-6H2,1H3. The Balaban J connectivity index is 3.01. The fourth-order valence-electron chi connectivity index (χ4n) is 1.47. The molecule has 0 unspecified atom stereocenters. The average molecular weight is 275 g/mol. The molecule has 0 N–H and O–H groups in total. The highest BCUT2D eigenvalue weighted by atomic mass is 79.9. The molecule has 0 radical (unpaired) electrons. The SMILES string of the molecule is CCc1cc(C(=O)OF)ccc1CCBr. The van der Waals surface area contributed by atoms with E-state index in [0.717, 1.165) is 23.7 Å². The molecule has 82 valence electrons. The highest BCUT2D eigenvalue weighted by Gasteiger charge is 2.10. The van der Waals surface area contributed by atoms with Crippen LogP contribution in [0.2, 0.25) is 0 Å². The number of carbonyl (C=O) groups excluding carboxylic acids is 1. The van der Waals surface area contributed by atoms with Gasteiger partial charge in [-0.15, -0.1) is 0 Å². The molecule has 0 saturated heterocycles. The zero-order valence-corrected chi connectivity index (χ0v) is 10.0. The summed E-state index contributed by atoms with van der Waals surface area (Å²) in [5.41, 5.74) is 2.48. The molecule has 1 aromatic carbocycles. The number of hydrogen-bond acceptors (Lipinski definition) is 2. The molecular weight excluding hydrogens is 263 g/mol. The molecule has 0 fully saturated rings. The highest BCUT2D eigenvalue weighted by Crippen LogP contribution is 2.15. The zero-order valence-electron chi connectivity index (χ0n) is 8.43. The lowest BCUT2D eigenvalue weighted by Crippen LogP contribution is -2.02. The van der Waals surface area contributed by atoms with Crippen molar-refractivity contribution in [2.45, 2.75) is 19.8 Å². The molecule has 0 aromatic heterocycles. The van der Waals surface area contributed by atoms with Gasteiger partial charge in [0.25, 0.3) is 0 Å². The van der Waals surface area contributed by atoms with Crippen LogP contribution in [0.3, 0.4) is 0 Å². The van der Waals surface area contributed by atoms with Gasteiger partial charge in [-0.3, -0.25) is 0 Å². The van der Waals surface area contributed by atoms with Crippen molar-refractivity contribution in [3.05, 3.63) is 34.9 Å². The molecule has 2 nitrogen and oxygen atoms in total. The number of rotatable bonds is 4. The van der Waals surface area contributed by atoms with Crippen LogP contribution in [0.25, 0.3) is 0 Å². The number of aryl methyl sites for hydroxylation is 2. The molecular formula is C11H12BrFO2. The summed E-state index contributed by atoms with van der Waals surface area (Å²) < 4.78 is 11.7. The van der Waals surface area contributed by atoms with E-state index in [0.29, 0.717) is 0 Å². The van der Waals surface area contributed by atoms with Gasteiger partial charge in [-0.1, -0.05) is 28.9 Å². The summed E-state index contributed by atoms with van der Waals surface area (Å²) in [4.78, 5) is 14.1. The molecule has 0 heterocycles. The van der Waals surface area contributed by atoms with E-state index < -0.39 is 5.97 Å². The van der Waals surface area contributed by atoms with Crippen LogP contribution < -0.4 is 0 Å². The lowest BCUT2D eigenvalue weighted by Gasteiger charge is -2.07. The van der Waals surface area contributed by atoms with Gasteiger partial charge >= 0.3 is 5.97 Å². The number of alkyl halides is 1. The Morgan fingerprint density at radius 2 is 2.20 bits per heavy atom. The predicted molar refractivity (Wildman–Crippen MR) is 59.8 cm³/mol. The molecule has 4 heteroatoms. The van der Waals surface area contributed by atoms with Crippen LogP contribution in [-0.4, -0.2) is 11.3 Å². The second-order valence-corrected chi connectivity index (χ2v) is 3.93. The number of carbonyl (C=O) groups is 1. The Bertz CT molecular complexity index is 352. The summed E-state index contributed by atoms with van der Waals surface area (Å²) in [5.74, 6) is -0.935. The van der Waals surface area contributed by atoms with Gasteiger partial charge in [-0.05, 0) is 36.1 Å². The fraction of sp³-hybridized carbons (Fsp3) is 0.364. The maximum absolute atomic E-state index is 11.7. The van der Waals surface area contributed by atoms with Gasteiger partial charge in [-0.25, -0.2) is 9.74 Å². The predicted octanol–water partition coefficient (Wildman–Crippen LogP) is 3.23. The first-order chi connectivity index (χ1) is 7.22. The minimum atomic E-state index is -0.935. The van der Waals surface area contributed by atoms with Crippen LogP contribution in [0.15, 0.2) is 18.2 Å². The Kier molecular flexibility index (Phi) is 4.75. The van der Waals surface area contributed by atoms with Crippen LogP contribution in [0.1, 0.15) is 28.4 Å². The van der Waals surface area contributed by atoms with E-state index in [1.54, 1.807) is 12.1 Å². The molecule has 1 rings (SSSR count). The van der Waals surface area contributed by atoms with Crippen molar-refractivity contribution in [3.8, 4) is 0 Å². The largest absolute Gasteiger partial charge is 0.379 e. The van der Waals surface area contributed by atoms with Crippen molar-refractivity contribution in [1.29, 1.82) is 0 Å². The van der Waals surface area contributed by atoms with E-state index in [1.807, 2.05) is 13.0 Å². The molecule has 0 amide bonds. The van der Waals surface area contributed by atoms with Gasteiger partial charge in [0, 0.05) is 9.86 Å². The normalized spacial score (nSPS) is 10.1. The van der Waals surface area contributed by atoms with Crippen molar-refractivity contribution in [1.82, 2.24) is 0 Å². The van der Waals surface area contributed by atoms with Crippen molar-refractivity contribution in [2.75, 3.05) is 5.33 Å². The Labute approximate surface area is 96.5 Å². The van der Waals surface area contributed by atoms with E-state index in [1.165, 1.54) is 5.56 Å². The van der Waals surface area contributed by atoms with E-state index >= 15 is 0 Å². The summed E-state index contributed by atoms with van der Waals surface area (Å²) in [7, 11) is 0. The lowest BCUT2D eigenvalue weighted by molar-refractivity contribution is -0.0788. The van der Waals surface area contributed by atoms with E-state index in [2.05, 4.69) is 20.9 Å². The molecule has 1 aromatic rings. The topological polar surface area (TPSA) is 26.3 Å². The van der Waals surface area contributed by atoms with Gasteiger partial charge in [0.1, 0.15) is 0 Å². The molecule has 0 bridgehead atoms. The van der Waals surface area contributed by atoms with Crippen LogP contribution >= 0.6 is 15.9 Å². The zero-order chi connectivity index (χ0) is 11.3. The first-order valence-electron chi connectivity index (χ1n) is 4.73. The van der Waals surface area contributed by atoms with Gasteiger partial charge in [0.2, 0.25) is 0 Å². The molecule has 0 saturated carbocycles. The van der Waals surface area contributed by atoms with E-state index in [9.17, 15) is 9.32 Å². The van der Waals surface area contributed by atoms with Crippen LogP contribution in [0.4, 0.5) is 4.53 Å². The molecule has 0 atom stereocenters. The Hall–Kier alpha value is -0.900. The van der Waals surface area contributed by atoms with Crippen molar-refractivity contribution in [3.63, 3.8) is 0 Å². The van der Waals surface area contributed by atoms with Gasteiger partial charge in [0.05, 0.1) is 5.56 Å². The number of halogens is 2. The highest BCUT2D eigenvalue weighted by molar-refractivity contribution is 9.09. The summed E-state index contributed by atoms with van der Waals surface area (Å²) in [6, 6.07) is 5.10. The first-order valence-corrected chi connectivity index (χ1v) is 5.85. The first kappa shape index (κ1) is 12.2. The summed E-state index contributed by atoms with van der Waals surface area (Å²) in [5, 5.41) is 0.868. The minimum Gasteiger partial charge on any atom is -0.249 e. The number of benzene rings is 1. The molecule has 0 aliphatic heterocycles. The number of hydrogen-bond donors (Lipinski definition) is 0. The summed E-state index contributed by atoms with van der Waals surface area (Å²) in [6.45, 7) is 2.00.